The summed E-state index contributed by atoms with van der Waals surface area (Å²) >= 11 is 0. The molecule has 6 heteroatoms. The van der Waals surface area contributed by atoms with Gasteiger partial charge < -0.3 is 19.9 Å². The highest BCUT2D eigenvalue weighted by Crippen LogP contribution is 2.32. The fraction of sp³-hybridized carbons (Fsp3) is 0.143. The van der Waals surface area contributed by atoms with Gasteiger partial charge in [0.1, 0.15) is 0 Å². The van der Waals surface area contributed by atoms with Crippen LogP contribution in [0.5, 0.6) is 17.4 Å². The van der Waals surface area contributed by atoms with E-state index in [1.165, 1.54) is 32.5 Å². The maximum Gasteiger partial charge on any atom is 0.338 e. The summed E-state index contributed by atoms with van der Waals surface area (Å²) in [5, 5.41) is 0. The molecule has 0 amide bonds. The lowest BCUT2D eigenvalue weighted by Crippen LogP contribution is -2.02. The Labute approximate surface area is 116 Å². The molecule has 0 saturated heterocycles. The number of carbonyl (C=O) groups is 1. The summed E-state index contributed by atoms with van der Waals surface area (Å²) in [4.78, 5) is 15.5. The van der Waals surface area contributed by atoms with E-state index in [1.54, 1.807) is 18.2 Å². The van der Waals surface area contributed by atoms with Gasteiger partial charge in [-0.25, -0.2) is 9.78 Å². The van der Waals surface area contributed by atoms with Crippen LogP contribution in [0.15, 0.2) is 36.5 Å². The number of nitrogens with zero attached hydrogens (tertiary/aromatic N) is 1. The standard InChI is InChI=1S/C14H14N2O4/c1-18-11-4-3-10(15)8-12(11)20-13-7-9(5-6-16-13)14(17)19-2/h3-8H,15H2,1-2H3. The third kappa shape index (κ3) is 2.97. The number of aromatic nitrogens is 1. The van der Waals surface area contributed by atoms with Crippen LogP contribution in [0.4, 0.5) is 5.69 Å². The summed E-state index contributed by atoms with van der Waals surface area (Å²) in [6.45, 7) is 0. The Kier molecular flexibility index (Phi) is 4.05. The van der Waals surface area contributed by atoms with E-state index in [2.05, 4.69) is 9.72 Å². The molecule has 0 unspecified atom stereocenters. The second kappa shape index (κ2) is 5.92. The van der Waals surface area contributed by atoms with Crippen LogP contribution in [0.3, 0.4) is 0 Å². The highest BCUT2D eigenvalue weighted by atomic mass is 16.5. The smallest absolute Gasteiger partial charge is 0.338 e. The zero-order valence-corrected chi connectivity index (χ0v) is 11.1. The molecule has 2 rings (SSSR count). The molecule has 0 fully saturated rings. The van der Waals surface area contributed by atoms with Crippen molar-refractivity contribution < 1.29 is 19.0 Å². The molecular weight excluding hydrogens is 260 g/mol. The lowest BCUT2D eigenvalue weighted by Gasteiger charge is -2.10. The number of rotatable bonds is 4. The second-order valence-electron chi connectivity index (χ2n) is 3.89. The van der Waals surface area contributed by atoms with E-state index in [9.17, 15) is 4.79 Å². The maximum absolute atomic E-state index is 11.4. The first kappa shape index (κ1) is 13.7. The molecule has 2 aromatic rings. The largest absolute Gasteiger partial charge is 0.493 e. The molecule has 0 spiro atoms. The van der Waals surface area contributed by atoms with E-state index < -0.39 is 5.97 Å². The van der Waals surface area contributed by atoms with Crippen LogP contribution in [0.2, 0.25) is 0 Å². The Bertz CT molecular complexity index is 628. The summed E-state index contributed by atoms with van der Waals surface area (Å²) in [7, 11) is 2.83. The van der Waals surface area contributed by atoms with E-state index >= 15 is 0 Å². The molecular formula is C14H14N2O4. The molecule has 2 N–H and O–H groups in total. The summed E-state index contributed by atoms with van der Waals surface area (Å²) in [6.07, 6.45) is 1.46. The Morgan fingerprint density at radius 3 is 2.65 bits per heavy atom. The number of methoxy groups -OCH3 is 2. The normalized spacial score (nSPS) is 9.90. The number of pyridine rings is 1. The van der Waals surface area contributed by atoms with Crippen LogP contribution in [-0.4, -0.2) is 25.2 Å². The molecule has 20 heavy (non-hydrogen) atoms. The number of anilines is 1. The minimum absolute atomic E-state index is 0.247. The minimum atomic E-state index is -0.461. The average Bonchev–Trinajstić information content (AvgIpc) is 2.47. The fourth-order valence-electron chi connectivity index (χ4n) is 1.60. The third-order valence-electron chi connectivity index (χ3n) is 2.56. The van der Waals surface area contributed by atoms with Crippen molar-refractivity contribution in [1.29, 1.82) is 0 Å². The maximum atomic E-state index is 11.4. The van der Waals surface area contributed by atoms with Crippen molar-refractivity contribution in [2.45, 2.75) is 0 Å². The van der Waals surface area contributed by atoms with E-state index in [-0.39, 0.29) is 5.88 Å². The Balaban J connectivity index is 2.30. The van der Waals surface area contributed by atoms with Crippen molar-refractivity contribution in [3.63, 3.8) is 0 Å². The molecule has 0 atom stereocenters. The number of carbonyl (C=O) groups excluding carboxylic acids is 1. The SMILES string of the molecule is COC(=O)c1ccnc(Oc2cc(N)ccc2OC)c1. The van der Waals surface area contributed by atoms with Gasteiger partial charge in [0.25, 0.3) is 0 Å². The second-order valence-corrected chi connectivity index (χ2v) is 3.89. The average molecular weight is 274 g/mol. The van der Waals surface area contributed by atoms with Gasteiger partial charge in [-0.1, -0.05) is 0 Å². The van der Waals surface area contributed by atoms with Crippen LogP contribution in [0.25, 0.3) is 0 Å². The molecule has 0 aliphatic carbocycles. The number of hydrogen-bond acceptors (Lipinski definition) is 6. The first-order chi connectivity index (χ1) is 9.63. The van der Waals surface area contributed by atoms with Gasteiger partial charge in [-0.3, -0.25) is 0 Å². The van der Waals surface area contributed by atoms with Gasteiger partial charge in [0.05, 0.1) is 19.8 Å². The lowest BCUT2D eigenvalue weighted by atomic mass is 10.2. The molecule has 0 radical (unpaired) electrons. The van der Waals surface area contributed by atoms with Gasteiger partial charge in [-0.2, -0.15) is 0 Å². The van der Waals surface area contributed by atoms with Crippen molar-refractivity contribution in [2.24, 2.45) is 0 Å². The van der Waals surface area contributed by atoms with Gasteiger partial charge in [0.2, 0.25) is 5.88 Å². The Morgan fingerprint density at radius 1 is 1.15 bits per heavy atom. The molecule has 0 saturated carbocycles. The highest BCUT2D eigenvalue weighted by Gasteiger charge is 2.10. The van der Waals surface area contributed by atoms with Gasteiger partial charge in [0, 0.05) is 24.0 Å². The van der Waals surface area contributed by atoms with Crippen LogP contribution in [-0.2, 0) is 4.74 Å². The summed E-state index contributed by atoms with van der Waals surface area (Å²) < 4.78 is 15.4. The van der Waals surface area contributed by atoms with Gasteiger partial charge >= 0.3 is 5.97 Å². The summed E-state index contributed by atoms with van der Waals surface area (Å²) in [5.41, 5.74) is 6.59. The number of nitrogens with two attached hydrogens (primary N) is 1. The number of benzene rings is 1. The minimum Gasteiger partial charge on any atom is -0.493 e. The number of hydrogen-bond donors (Lipinski definition) is 1. The van der Waals surface area contributed by atoms with Crippen LogP contribution < -0.4 is 15.2 Å². The quantitative estimate of drug-likeness (QED) is 0.680. The molecule has 104 valence electrons. The zero-order chi connectivity index (χ0) is 14.5. The van der Waals surface area contributed by atoms with Crippen molar-refractivity contribution in [1.82, 2.24) is 4.98 Å². The van der Waals surface area contributed by atoms with Gasteiger partial charge in [-0.05, 0) is 18.2 Å². The third-order valence-corrected chi connectivity index (χ3v) is 2.56. The van der Waals surface area contributed by atoms with Crippen molar-refractivity contribution >= 4 is 11.7 Å². The first-order valence-electron chi connectivity index (χ1n) is 5.79. The van der Waals surface area contributed by atoms with Gasteiger partial charge in [0.15, 0.2) is 11.5 Å². The molecule has 0 aliphatic heterocycles. The lowest BCUT2D eigenvalue weighted by molar-refractivity contribution is 0.0600. The fourth-order valence-corrected chi connectivity index (χ4v) is 1.60. The predicted octanol–water partition coefficient (Wildman–Crippen LogP) is 2.25. The van der Waals surface area contributed by atoms with E-state index in [0.717, 1.165) is 0 Å². The number of nitrogen functional groups attached to an aromatic ring is 1. The molecule has 0 aliphatic rings. The molecule has 1 heterocycles. The number of ether oxygens (including phenoxy) is 3. The van der Waals surface area contributed by atoms with Crippen molar-refractivity contribution in [2.75, 3.05) is 20.0 Å². The number of esters is 1. The monoisotopic (exact) mass is 274 g/mol. The Morgan fingerprint density at radius 2 is 1.95 bits per heavy atom. The zero-order valence-electron chi connectivity index (χ0n) is 11.1. The van der Waals surface area contributed by atoms with Crippen LogP contribution in [0, 0.1) is 0 Å². The molecule has 0 bridgehead atoms. The van der Waals surface area contributed by atoms with Crippen molar-refractivity contribution in [3.05, 3.63) is 42.1 Å². The molecule has 1 aromatic carbocycles. The van der Waals surface area contributed by atoms with Crippen molar-refractivity contribution in [3.8, 4) is 17.4 Å². The van der Waals surface area contributed by atoms with E-state index in [4.69, 9.17) is 15.2 Å². The summed E-state index contributed by atoms with van der Waals surface area (Å²) in [5.74, 6) is 0.722. The Hall–Kier alpha value is -2.76. The van der Waals surface area contributed by atoms with E-state index in [1.807, 2.05) is 0 Å². The van der Waals surface area contributed by atoms with Crippen LogP contribution in [0.1, 0.15) is 10.4 Å². The van der Waals surface area contributed by atoms with E-state index in [0.29, 0.717) is 22.7 Å². The van der Waals surface area contributed by atoms with Crippen LogP contribution >= 0.6 is 0 Å². The first-order valence-corrected chi connectivity index (χ1v) is 5.79. The highest BCUT2D eigenvalue weighted by molar-refractivity contribution is 5.89. The predicted molar refractivity (Wildman–Crippen MR) is 73.1 cm³/mol. The molecule has 1 aromatic heterocycles. The summed E-state index contributed by atoms with van der Waals surface area (Å²) in [6, 6.07) is 8.02. The van der Waals surface area contributed by atoms with Gasteiger partial charge in [-0.15, -0.1) is 0 Å². The molecule has 6 nitrogen and oxygen atoms in total. The topological polar surface area (TPSA) is 83.7 Å².